The average Bonchev–Trinajstić information content (AvgIpc) is 3.07. The first-order valence-electron chi connectivity index (χ1n) is 13.0. The molecule has 3 heteroatoms. The number of Topliss-reactive ketones (excluding diaryl/α,β-unsaturated/α-hetero) is 1. The fourth-order valence-corrected chi connectivity index (χ4v) is 9.32. The Morgan fingerprint density at radius 3 is 2.50 bits per heavy atom. The van der Waals surface area contributed by atoms with Crippen LogP contribution < -0.4 is 0 Å². The highest BCUT2D eigenvalue weighted by atomic mass is 16.3. The van der Waals surface area contributed by atoms with Crippen molar-refractivity contribution < 1.29 is 9.90 Å². The number of ketones is 1. The first kappa shape index (κ1) is 21.2. The van der Waals surface area contributed by atoms with E-state index in [0.29, 0.717) is 34.9 Å². The molecular formula is C27H43NO2. The van der Waals surface area contributed by atoms with E-state index < -0.39 is 0 Å². The second-order valence-corrected chi connectivity index (χ2v) is 12.5. The van der Waals surface area contributed by atoms with Crippen molar-refractivity contribution in [3.63, 3.8) is 0 Å². The zero-order chi connectivity index (χ0) is 21.3. The van der Waals surface area contributed by atoms with Crippen LogP contribution in [0.3, 0.4) is 0 Å². The maximum atomic E-state index is 13.3. The largest absolute Gasteiger partial charge is 0.393 e. The van der Waals surface area contributed by atoms with Crippen molar-refractivity contribution in [1.29, 1.82) is 0 Å². The molecule has 3 nitrogen and oxygen atoms in total. The molecule has 0 radical (unpaired) electrons. The Morgan fingerprint density at radius 2 is 1.77 bits per heavy atom. The smallest absolute Gasteiger partial charge is 0.136 e. The van der Waals surface area contributed by atoms with Gasteiger partial charge < -0.3 is 5.11 Å². The van der Waals surface area contributed by atoms with Crippen LogP contribution >= 0.6 is 0 Å². The van der Waals surface area contributed by atoms with Gasteiger partial charge in [0.2, 0.25) is 0 Å². The van der Waals surface area contributed by atoms with Gasteiger partial charge in [-0.05, 0) is 104 Å². The lowest BCUT2D eigenvalue weighted by atomic mass is 9.44. The molecule has 0 spiro atoms. The van der Waals surface area contributed by atoms with Crippen LogP contribution in [-0.2, 0) is 4.79 Å². The zero-order valence-corrected chi connectivity index (χ0v) is 19.7. The molecule has 168 valence electrons. The first-order valence-corrected chi connectivity index (χ1v) is 13.0. The molecule has 4 saturated carbocycles. The van der Waals surface area contributed by atoms with Crippen LogP contribution in [-0.4, -0.2) is 29.3 Å². The van der Waals surface area contributed by atoms with Crippen molar-refractivity contribution in [2.75, 3.05) is 6.54 Å². The molecule has 0 bridgehead atoms. The quantitative estimate of drug-likeness (QED) is 0.632. The number of carbonyl (C=O) groups excluding carboxylic acids is 1. The first-order chi connectivity index (χ1) is 14.2. The zero-order valence-electron chi connectivity index (χ0n) is 19.7. The number of nitrogens with zero attached hydrogens (tertiary/aromatic N) is 1. The third-order valence-corrected chi connectivity index (χ3v) is 11.1. The summed E-state index contributed by atoms with van der Waals surface area (Å²) in [7, 11) is 0. The van der Waals surface area contributed by atoms with E-state index in [1.165, 1.54) is 44.2 Å². The van der Waals surface area contributed by atoms with Gasteiger partial charge >= 0.3 is 0 Å². The average molecular weight is 414 g/mol. The maximum Gasteiger partial charge on any atom is 0.136 e. The Morgan fingerprint density at radius 1 is 1.03 bits per heavy atom. The lowest BCUT2D eigenvalue weighted by molar-refractivity contribution is -0.159. The van der Waals surface area contributed by atoms with Crippen LogP contribution in [0.15, 0.2) is 4.99 Å². The van der Waals surface area contributed by atoms with Crippen LogP contribution in [0.5, 0.6) is 0 Å². The number of rotatable bonds is 2. The highest BCUT2D eigenvalue weighted by Crippen LogP contribution is 2.67. The molecule has 1 N–H and O–H groups in total. The summed E-state index contributed by atoms with van der Waals surface area (Å²) >= 11 is 0. The van der Waals surface area contributed by atoms with Gasteiger partial charge in [-0.3, -0.25) is 9.79 Å². The van der Waals surface area contributed by atoms with E-state index in [-0.39, 0.29) is 17.4 Å². The van der Waals surface area contributed by atoms with Crippen molar-refractivity contribution in [3.8, 4) is 0 Å². The minimum absolute atomic E-state index is 0.113. The van der Waals surface area contributed by atoms with E-state index in [4.69, 9.17) is 4.99 Å². The van der Waals surface area contributed by atoms with E-state index >= 15 is 0 Å². The van der Waals surface area contributed by atoms with Crippen LogP contribution in [0.1, 0.15) is 91.9 Å². The molecule has 0 unspecified atom stereocenters. The molecule has 30 heavy (non-hydrogen) atoms. The van der Waals surface area contributed by atoms with E-state index in [9.17, 15) is 9.90 Å². The molecular weight excluding hydrogens is 370 g/mol. The molecule has 0 saturated heterocycles. The van der Waals surface area contributed by atoms with Gasteiger partial charge in [0, 0.05) is 24.6 Å². The van der Waals surface area contributed by atoms with Crippen molar-refractivity contribution in [2.45, 2.75) is 98.0 Å². The summed E-state index contributed by atoms with van der Waals surface area (Å²) in [4.78, 5) is 18.3. The summed E-state index contributed by atoms with van der Waals surface area (Å²) in [5.41, 5.74) is 2.01. The van der Waals surface area contributed by atoms with E-state index in [2.05, 4.69) is 27.7 Å². The third-order valence-electron chi connectivity index (χ3n) is 11.1. The molecule has 0 aromatic heterocycles. The number of aliphatic hydroxyl groups excluding tert-OH is 1. The number of fused-ring (bicyclic) bond motifs is 5. The van der Waals surface area contributed by atoms with Gasteiger partial charge in [-0.1, -0.05) is 27.7 Å². The Labute approximate surface area is 183 Å². The van der Waals surface area contributed by atoms with Gasteiger partial charge in [0.15, 0.2) is 0 Å². The number of hydrogen-bond acceptors (Lipinski definition) is 3. The molecule has 1 aliphatic heterocycles. The molecule has 0 aromatic rings. The monoisotopic (exact) mass is 413 g/mol. The van der Waals surface area contributed by atoms with Crippen molar-refractivity contribution >= 4 is 11.5 Å². The Hall–Kier alpha value is -0.700. The predicted molar refractivity (Wildman–Crippen MR) is 121 cm³/mol. The van der Waals surface area contributed by atoms with E-state index in [0.717, 1.165) is 44.1 Å². The van der Waals surface area contributed by atoms with Gasteiger partial charge in [0.05, 0.1) is 6.10 Å². The maximum absolute atomic E-state index is 13.3. The fraction of sp³-hybridized carbons (Fsp3) is 0.926. The van der Waals surface area contributed by atoms with E-state index in [1.807, 2.05) is 0 Å². The SMILES string of the molecule is C[C@@H]1CCC([C@H](C)[C@H]2CC[C@H]3[C@@H]4CC(=O)[C@H]5C[C@@H](O)CC[C@]5(C)[C@@H]4CC[C@]23C)=NC1. The number of carbonyl (C=O) groups is 1. The highest BCUT2D eigenvalue weighted by Gasteiger charge is 2.62. The van der Waals surface area contributed by atoms with Crippen LogP contribution in [0.2, 0.25) is 0 Å². The normalized spacial score (nSPS) is 52.1. The molecule has 0 aromatic carbocycles. The summed E-state index contributed by atoms with van der Waals surface area (Å²) in [5.74, 6) is 4.66. The molecule has 0 amide bonds. The predicted octanol–water partition coefficient (Wildman–Crippen LogP) is 5.69. The van der Waals surface area contributed by atoms with Crippen molar-refractivity contribution in [3.05, 3.63) is 0 Å². The number of aliphatic hydroxyl groups is 1. The second kappa shape index (κ2) is 7.42. The standard InChI is InChI=1S/C27H43NO2/c1-16-5-8-24(28-15-16)17(2)20-6-7-21-19-14-25(30)23-13-18(29)9-11-27(23,4)22(19)10-12-26(20,21)3/h16-23,29H,5-15H2,1-4H3/t16-,17-,18+,19+,20-,21+,22-,23-,26-,27-/m1/s1. The lowest BCUT2D eigenvalue weighted by Crippen LogP contribution is -2.57. The van der Waals surface area contributed by atoms with Crippen molar-refractivity contribution in [2.24, 2.45) is 57.2 Å². The Kier molecular flexibility index (Phi) is 5.24. The summed E-state index contributed by atoms with van der Waals surface area (Å²) in [6.07, 6.45) is 11.0. The van der Waals surface area contributed by atoms with Crippen LogP contribution in [0, 0.1) is 52.3 Å². The van der Waals surface area contributed by atoms with Crippen LogP contribution in [0.25, 0.3) is 0 Å². The molecule has 5 rings (SSSR count). The molecule has 1 heterocycles. The summed E-state index contributed by atoms with van der Waals surface area (Å²) in [6.45, 7) is 10.8. The minimum Gasteiger partial charge on any atom is -0.393 e. The van der Waals surface area contributed by atoms with Gasteiger partial charge in [0.1, 0.15) is 5.78 Å². The Balaban J connectivity index is 1.39. The second-order valence-electron chi connectivity index (χ2n) is 12.5. The minimum atomic E-state index is -0.256. The highest BCUT2D eigenvalue weighted by molar-refractivity contribution is 5.87. The van der Waals surface area contributed by atoms with Gasteiger partial charge in [-0.25, -0.2) is 0 Å². The lowest BCUT2D eigenvalue weighted by Gasteiger charge is -2.60. The van der Waals surface area contributed by atoms with Gasteiger partial charge in [-0.2, -0.15) is 0 Å². The summed E-state index contributed by atoms with van der Waals surface area (Å²) in [5, 5.41) is 10.2. The van der Waals surface area contributed by atoms with Crippen LogP contribution in [0.4, 0.5) is 0 Å². The third kappa shape index (κ3) is 3.08. The van der Waals surface area contributed by atoms with E-state index in [1.54, 1.807) is 0 Å². The fourth-order valence-electron chi connectivity index (χ4n) is 9.32. The molecule has 4 aliphatic carbocycles. The summed E-state index contributed by atoms with van der Waals surface area (Å²) in [6, 6.07) is 0. The molecule has 5 aliphatic rings. The molecule has 4 fully saturated rings. The van der Waals surface area contributed by atoms with Gasteiger partial charge in [0.25, 0.3) is 0 Å². The topological polar surface area (TPSA) is 49.7 Å². The molecule has 10 atom stereocenters. The van der Waals surface area contributed by atoms with Gasteiger partial charge in [-0.15, -0.1) is 0 Å². The number of hydrogen-bond donors (Lipinski definition) is 1. The number of aliphatic imine (C=N–C) groups is 1. The Bertz CT molecular complexity index is 730. The van der Waals surface area contributed by atoms with Crippen molar-refractivity contribution in [1.82, 2.24) is 0 Å². The summed E-state index contributed by atoms with van der Waals surface area (Å²) < 4.78 is 0.